The van der Waals surface area contributed by atoms with Gasteiger partial charge in [0.1, 0.15) is 5.75 Å². The average Bonchev–Trinajstić information content (AvgIpc) is 2.93. The van der Waals surface area contributed by atoms with Crippen LogP contribution in [0.15, 0.2) is 24.3 Å². The molecule has 0 spiro atoms. The highest BCUT2D eigenvalue weighted by molar-refractivity contribution is 7.47. The predicted molar refractivity (Wildman–Crippen MR) is 158 cm³/mol. The van der Waals surface area contributed by atoms with E-state index in [4.69, 9.17) is 18.9 Å². The summed E-state index contributed by atoms with van der Waals surface area (Å²) in [6.07, 6.45) is 9.12. The standard InChI is InChI=1S/C29H49N2O10P/c1-4-5-6-7-8-9-10-11-12-18-39-26-15-13-14-24(19-26)16-17-27(34)30-20-25(33)21-40-42(37,38)41-22(2)28(29(35)36)31-23(3)32/h13-15,19,22,25,28,33H,4-12,16-18,20-21H2,1-3H3,(H,30,34)(H,31,32)(H,35,36)(H,37,38)/t22-,25+,28+/m0/s1. The smallest absolute Gasteiger partial charge is 0.472 e. The normalized spacial score (nSPS) is 14.8. The molecule has 1 rings (SSSR count). The Bertz CT molecular complexity index is 993. The van der Waals surface area contributed by atoms with Crippen LogP contribution in [-0.2, 0) is 34.4 Å². The number of hydrogen-bond acceptors (Lipinski definition) is 8. The number of carboxylic acid groups (broad SMARTS) is 1. The number of phosphoric acid groups is 1. The first-order chi connectivity index (χ1) is 19.9. The molecule has 0 fully saturated rings. The third-order valence-corrected chi connectivity index (χ3v) is 7.49. The van der Waals surface area contributed by atoms with E-state index in [0.717, 1.165) is 31.1 Å². The first-order valence-corrected chi connectivity index (χ1v) is 16.2. The number of aliphatic hydroxyl groups is 1. The van der Waals surface area contributed by atoms with Gasteiger partial charge < -0.3 is 30.5 Å². The van der Waals surface area contributed by atoms with Crippen molar-refractivity contribution < 1.29 is 47.8 Å². The van der Waals surface area contributed by atoms with Crippen molar-refractivity contribution in [2.24, 2.45) is 0 Å². The first kappa shape index (κ1) is 37.5. The van der Waals surface area contributed by atoms with E-state index in [9.17, 15) is 28.9 Å². The Hall–Kier alpha value is -2.50. The van der Waals surface area contributed by atoms with Gasteiger partial charge in [-0.25, -0.2) is 9.36 Å². The molecule has 4 atom stereocenters. The van der Waals surface area contributed by atoms with E-state index < -0.39 is 44.6 Å². The van der Waals surface area contributed by atoms with Crippen molar-refractivity contribution in [1.82, 2.24) is 10.6 Å². The second-order valence-corrected chi connectivity index (χ2v) is 11.8. The molecule has 0 aliphatic heterocycles. The number of aliphatic carboxylic acids is 1. The second-order valence-electron chi connectivity index (χ2n) is 10.4. The topological polar surface area (TPSA) is 181 Å². The molecule has 1 aromatic rings. The van der Waals surface area contributed by atoms with Crippen LogP contribution >= 0.6 is 7.82 Å². The summed E-state index contributed by atoms with van der Waals surface area (Å²) in [5.41, 5.74) is 0.935. The summed E-state index contributed by atoms with van der Waals surface area (Å²) in [4.78, 5) is 44.5. The maximum Gasteiger partial charge on any atom is 0.472 e. The van der Waals surface area contributed by atoms with Crippen molar-refractivity contribution in [1.29, 1.82) is 0 Å². The molecule has 0 saturated carbocycles. The fraction of sp³-hybridized carbons (Fsp3) is 0.690. The summed E-state index contributed by atoms with van der Waals surface area (Å²) < 4.78 is 27.5. The van der Waals surface area contributed by atoms with Crippen LogP contribution in [0.2, 0.25) is 0 Å². The van der Waals surface area contributed by atoms with E-state index in [0.29, 0.717) is 13.0 Å². The number of carboxylic acids is 1. The lowest BCUT2D eigenvalue weighted by Gasteiger charge is -2.23. The monoisotopic (exact) mass is 616 g/mol. The largest absolute Gasteiger partial charge is 0.494 e. The summed E-state index contributed by atoms with van der Waals surface area (Å²) in [5, 5.41) is 23.8. The molecular formula is C29H49N2O10P. The van der Waals surface area contributed by atoms with Crippen molar-refractivity contribution in [3.05, 3.63) is 29.8 Å². The van der Waals surface area contributed by atoms with Crippen molar-refractivity contribution >= 4 is 25.6 Å². The fourth-order valence-corrected chi connectivity index (χ4v) is 5.07. The molecule has 1 aromatic carbocycles. The zero-order valence-electron chi connectivity index (χ0n) is 25.1. The number of ether oxygens (including phenoxy) is 1. The number of unbranched alkanes of at least 4 members (excludes halogenated alkanes) is 8. The highest BCUT2D eigenvalue weighted by Crippen LogP contribution is 2.45. The molecule has 0 saturated heterocycles. The Morgan fingerprint density at radius 2 is 1.67 bits per heavy atom. The van der Waals surface area contributed by atoms with Crippen molar-refractivity contribution in [2.45, 2.75) is 110 Å². The number of nitrogens with one attached hydrogen (secondary N) is 2. The van der Waals surface area contributed by atoms with Crippen molar-refractivity contribution in [3.63, 3.8) is 0 Å². The molecule has 1 unspecified atom stereocenters. The van der Waals surface area contributed by atoms with Crippen LogP contribution in [0.5, 0.6) is 5.75 Å². The maximum atomic E-state index is 12.2. The molecule has 240 valence electrons. The molecule has 0 bridgehead atoms. The molecule has 0 heterocycles. The van der Waals surface area contributed by atoms with Crippen LogP contribution in [0.4, 0.5) is 0 Å². The summed E-state index contributed by atoms with van der Waals surface area (Å²) in [6.45, 7) is 4.26. The van der Waals surface area contributed by atoms with E-state index in [1.165, 1.54) is 51.9 Å². The number of aryl methyl sites for hydroxylation is 1. The summed E-state index contributed by atoms with van der Waals surface area (Å²) in [7, 11) is -4.76. The zero-order chi connectivity index (χ0) is 31.4. The van der Waals surface area contributed by atoms with Crippen LogP contribution in [0.1, 0.15) is 90.5 Å². The van der Waals surface area contributed by atoms with Gasteiger partial charge in [0.25, 0.3) is 0 Å². The lowest BCUT2D eigenvalue weighted by Crippen LogP contribution is -2.47. The van der Waals surface area contributed by atoms with E-state index >= 15 is 0 Å². The summed E-state index contributed by atoms with van der Waals surface area (Å²) in [5.74, 6) is -1.69. The van der Waals surface area contributed by atoms with E-state index in [1.807, 2.05) is 24.3 Å². The van der Waals surface area contributed by atoms with Gasteiger partial charge in [-0.05, 0) is 37.5 Å². The highest BCUT2D eigenvalue weighted by Gasteiger charge is 2.34. The van der Waals surface area contributed by atoms with Gasteiger partial charge in [-0.15, -0.1) is 0 Å². The minimum absolute atomic E-state index is 0.161. The lowest BCUT2D eigenvalue weighted by molar-refractivity contribution is -0.144. The number of carbonyl (C=O) groups is 3. The molecule has 2 amide bonds. The van der Waals surface area contributed by atoms with Gasteiger partial charge in [0, 0.05) is 19.9 Å². The van der Waals surface area contributed by atoms with Crippen LogP contribution in [0, 0.1) is 0 Å². The number of amides is 2. The van der Waals surface area contributed by atoms with Gasteiger partial charge in [0.15, 0.2) is 6.04 Å². The molecule has 0 radical (unpaired) electrons. The average molecular weight is 617 g/mol. The minimum atomic E-state index is -4.76. The summed E-state index contributed by atoms with van der Waals surface area (Å²) >= 11 is 0. The molecule has 5 N–H and O–H groups in total. The number of aliphatic hydroxyl groups excluding tert-OH is 1. The van der Waals surface area contributed by atoms with E-state index in [1.54, 1.807) is 0 Å². The van der Waals surface area contributed by atoms with E-state index in [2.05, 4.69) is 17.6 Å². The Morgan fingerprint density at radius 1 is 1.02 bits per heavy atom. The van der Waals surface area contributed by atoms with Crippen molar-refractivity contribution in [3.8, 4) is 5.75 Å². The lowest BCUT2D eigenvalue weighted by atomic mass is 10.1. The van der Waals surface area contributed by atoms with Gasteiger partial charge >= 0.3 is 13.8 Å². The molecular weight excluding hydrogens is 567 g/mol. The Labute approximate surface area is 249 Å². The Morgan fingerprint density at radius 3 is 2.29 bits per heavy atom. The van der Waals surface area contributed by atoms with Gasteiger partial charge in [0.2, 0.25) is 11.8 Å². The second kappa shape index (κ2) is 21.2. The first-order valence-electron chi connectivity index (χ1n) is 14.8. The number of carbonyl (C=O) groups excluding carboxylic acids is 2. The van der Waals surface area contributed by atoms with Gasteiger partial charge in [-0.2, -0.15) is 0 Å². The van der Waals surface area contributed by atoms with Crippen molar-refractivity contribution in [2.75, 3.05) is 19.8 Å². The SMILES string of the molecule is CCCCCCCCCCCOc1cccc(CCC(=O)NC[C@@H](O)COP(=O)(O)O[C@@H](C)[C@@H](NC(C)=O)C(=O)O)c1. The number of hydrogen-bond donors (Lipinski definition) is 5. The molecule has 0 aliphatic rings. The minimum Gasteiger partial charge on any atom is -0.494 e. The van der Waals surface area contributed by atoms with Gasteiger partial charge in [-0.1, -0.05) is 70.4 Å². The molecule has 12 nitrogen and oxygen atoms in total. The third kappa shape index (κ3) is 18.1. The van der Waals surface area contributed by atoms with Crippen LogP contribution in [0.25, 0.3) is 0 Å². The maximum absolute atomic E-state index is 12.2. The Balaban J connectivity index is 2.29. The van der Waals surface area contributed by atoms with E-state index in [-0.39, 0.29) is 18.9 Å². The van der Waals surface area contributed by atoms with Crippen LogP contribution < -0.4 is 15.4 Å². The van der Waals surface area contributed by atoms with Crippen LogP contribution in [-0.4, -0.2) is 70.9 Å². The predicted octanol–water partition coefficient (Wildman–Crippen LogP) is 4.12. The molecule has 13 heteroatoms. The molecule has 0 aliphatic carbocycles. The zero-order valence-corrected chi connectivity index (χ0v) is 26.0. The number of rotatable bonds is 24. The Kier molecular flexibility index (Phi) is 19.0. The van der Waals surface area contributed by atoms with Gasteiger partial charge in [0.05, 0.1) is 25.4 Å². The number of phosphoric ester groups is 1. The highest BCUT2D eigenvalue weighted by atomic mass is 31.2. The fourth-order valence-electron chi connectivity index (χ4n) is 4.11. The molecule has 0 aromatic heterocycles. The van der Waals surface area contributed by atoms with Gasteiger partial charge in [-0.3, -0.25) is 18.6 Å². The van der Waals surface area contributed by atoms with Crippen LogP contribution in [0.3, 0.4) is 0 Å². The number of benzene rings is 1. The summed E-state index contributed by atoms with van der Waals surface area (Å²) in [6, 6.07) is 6.00. The quantitative estimate of drug-likeness (QED) is 0.0837. The molecule has 42 heavy (non-hydrogen) atoms. The third-order valence-electron chi connectivity index (χ3n) is 6.41.